The minimum Gasteiger partial charge on any atom is -0.329 e. The van der Waals surface area contributed by atoms with Gasteiger partial charge in [-0.25, -0.2) is 0 Å². The smallest absolute Gasteiger partial charge is 0.223 e. The third kappa shape index (κ3) is 2.35. The summed E-state index contributed by atoms with van der Waals surface area (Å²) in [6, 6.07) is 0.0392. The monoisotopic (exact) mass is 177 g/mol. The van der Waals surface area contributed by atoms with Gasteiger partial charge >= 0.3 is 0 Å². The first-order chi connectivity index (χ1) is 6.29. The Morgan fingerprint density at radius 3 is 3.15 bits per heavy atom. The van der Waals surface area contributed by atoms with Crippen LogP contribution in [0.15, 0.2) is 12.7 Å². The summed E-state index contributed by atoms with van der Waals surface area (Å²) < 4.78 is 0. The van der Waals surface area contributed by atoms with Crippen LogP contribution in [0, 0.1) is 12.3 Å². The molecule has 1 saturated heterocycles. The molecule has 0 unspecified atom stereocenters. The molecule has 0 spiro atoms. The average Bonchev–Trinajstić information content (AvgIpc) is 2.48. The van der Waals surface area contributed by atoms with Gasteiger partial charge in [-0.05, 0) is 19.3 Å². The first-order valence-corrected chi connectivity index (χ1v) is 4.66. The van der Waals surface area contributed by atoms with E-state index in [1.165, 1.54) is 0 Å². The molecule has 1 rings (SSSR count). The molecule has 1 heterocycles. The lowest BCUT2D eigenvalue weighted by Gasteiger charge is -2.20. The molecule has 0 aliphatic carbocycles. The van der Waals surface area contributed by atoms with Crippen LogP contribution in [-0.4, -0.2) is 23.4 Å². The van der Waals surface area contributed by atoms with E-state index in [-0.39, 0.29) is 11.9 Å². The van der Waals surface area contributed by atoms with Crippen LogP contribution in [0.4, 0.5) is 0 Å². The van der Waals surface area contributed by atoms with Gasteiger partial charge in [-0.3, -0.25) is 4.79 Å². The fourth-order valence-corrected chi connectivity index (χ4v) is 1.59. The number of amides is 1. The Hall–Kier alpha value is -1.23. The second-order valence-electron chi connectivity index (χ2n) is 3.24. The molecule has 1 aliphatic rings. The van der Waals surface area contributed by atoms with Gasteiger partial charge in [-0.2, -0.15) is 0 Å². The average molecular weight is 177 g/mol. The Morgan fingerprint density at radius 1 is 1.77 bits per heavy atom. The molecule has 2 nitrogen and oxygen atoms in total. The molecule has 0 N–H and O–H groups in total. The zero-order valence-corrected chi connectivity index (χ0v) is 7.83. The second kappa shape index (κ2) is 4.71. The van der Waals surface area contributed by atoms with Gasteiger partial charge in [0.05, 0.1) is 6.04 Å². The molecule has 70 valence electrons. The fraction of sp³-hybridized carbons (Fsp3) is 0.545. The normalized spacial score (nSPS) is 21.6. The van der Waals surface area contributed by atoms with Crippen molar-refractivity contribution in [3.63, 3.8) is 0 Å². The molecule has 1 amide bonds. The minimum absolute atomic E-state index is 0.0392. The van der Waals surface area contributed by atoms with Crippen LogP contribution in [0.2, 0.25) is 0 Å². The van der Waals surface area contributed by atoms with E-state index in [9.17, 15) is 4.79 Å². The van der Waals surface area contributed by atoms with E-state index >= 15 is 0 Å². The first kappa shape index (κ1) is 9.85. The lowest BCUT2D eigenvalue weighted by Crippen LogP contribution is -2.32. The van der Waals surface area contributed by atoms with E-state index in [4.69, 9.17) is 6.42 Å². The summed E-state index contributed by atoms with van der Waals surface area (Å²) >= 11 is 0. The Balaban J connectivity index is 2.41. The van der Waals surface area contributed by atoms with Crippen LogP contribution < -0.4 is 0 Å². The first-order valence-electron chi connectivity index (χ1n) is 4.66. The van der Waals surface area contributed by atoms with Crippen LogP contribution in [0.5, 0.6) is 0 Å². The minimum atomic E-state index is 0.0392. The van der Waals surface area contributed by atoms with Crippen molar-refractivity contribution in [2.75, 3.05) is 6.54 Å². The molecular weight excluding hydrogens is 162 g/mol. The predicted molar refractivity (Wildman–Crippen MR) is 53.0 cm³/mol. The van der Waals surface area contributed by atoms with Crippen LogP contribution in [0.25, 0.3) is 0 Å². The van der Waals surface area contributed by atoms with Crippen LogP contribution in [0.1, 0.15) is 25.7 Å². The quantitative estimate of drug-likeness (QED) is 0.362. The Bertz CT molecular complexity index is 239. The lowest BCUT2D eigenvalue weighted by atomic mass is 10.2. The molecule has 1 fully saturated rings. The predicted octanol–water partition coefficient (Wildman–Crippen LogP) is 1.58. The summed E-state index contributed by atoms with van der Waals surface area (Å²) in [4.78, 5) is 13.2. The van der Waals surface area contributed by atoms with Gasteiger partial charge in [0.1, 0.15) is 0 Å². The van der Waals surface area contributed by atoms with E-state index in [1.54, 1.807) is 0 Å². The van der Waals surface area contributed by atoms with Gasteiger partial charge in [0, 0.05) is 13.0 Å². The van der Waals surface area contributed by atoms with Gasteiger partial charge in [0.25, 0.3) is 0 Å². The molecule has 0 aromatic rings. The highest BCUT2D eigenvalue weighted by atomic mass is 16.2. The second-order valence-corrected chi connectivity index (χ2v) is 3.24. The Labute approximate surface area is 79.6 Å². The van der Waals surface area contributed by atoms with Crippen molar-refractivity contribution in [1.82, 2.24) is 4.90 Å². The van der Waals surface area contributed by atoms with Crippen molar-refractivity contribution in [3.8, 4) is 12.3 Å². The number of hydrogen-bond donors (Lipinski definition) is 0. The largest absolute Gasteiger partial charge is 0.329 e. The van der Waals surface area contributed by atoms with E-state index < -0.39 is 0 Å². The molecule has 0 aromatic heterocycles. The number of likely N-dealkylation sites (tertiary alicyclic amines) is 1. The summed E-state index contributed by atoms with van der Waals surface area (Å²) in [7, 11) is 0. The summed E-state index contributed by atoms with van der Waals surface area (Å²) in [6.45, 7) is 4.42. The summed E-state index contributed by atoms with van der Waals surface area (Å²) in [5.41, 5.74) is 0. The van der Waals surface area contributed by atoms with Gasteiger partial charge < -0.3 is 4.90 Å². The van der Waals surface area contributed by atoms with E-state index in [0.29, 0.717) is 6.42 Å². The summed E-state index contributed by atoms with van der Waals surface area (Å²) in [6.07, 6.45) is 10.5. The highest BCUT2D eigenvalue weighted by Crippen LogP contribution is 2.18. The highest BCUT2D eigenvalue weighted by molar-refractivity contribution is 5.79. The molecule has 13 heavy (non-hydrogen) atoms. The molecule has 0 saturated carbocycles. The summed E-state index contributed by atoms with van der Waals surface area (Å²) in [5, 5.41) is 0. The zero-order chi connectivity index (χ0) is 9.68. The van der Waals surface area contributed by atoms with Crippen LogP contribution >= 0.6 is 0 Å². The Kier molecular flexibility index (Phi) is 3.57. The third-order valence-electron chi connectivity index (χ3n) is 2.33. The molecule has 0 aromatic carbocycles. The molecule has 1 atom stereocenters. The van der Waals surface area contributed by atoms with E-state index in [0.717, 1.165) is 25.8 Å². The molecule has 2 heteroatoms. The third-order valence-corrected chi connectivity index (χ3v) is 2.33. The van der Waals surface area contributed by atoms with Crippen LogP contribution in [0.3, 0.4) is 0 Å². The summed E-state index contributed by atoms with van der Waals surface area (Å²) in [5.74, 6) is 2.85. The number of rotatable bonds is 4. The standard InChI is InChI=1S/C11H15NO/c1-3-5-6-9-12-10(4-2)7-8-11(12)13/h2-3,10H,1,5-9H2/t10-/m1/s1. The van der Waals surface area contributed by atoms with Crippen molar-refractivity contribution in [2.45, 2.75) is 31.7 Å². The highest BCUT2D eigenvalue weighted by Gasteiger charge is 2.28. The van der Waals surface area contributed by atoms with Gasteiger partial charge in [0.2, 0.25) is 5.91 Å². The zero-order valence-electron chi connectivity index (χ0n) is 7.83. The van der Waals surface area contributed by atoms with Gasteiger partial charge in [-0.15, -0.1) is 13.0 Å². The van der Waals surface area contributed by atoms with Crippen molar-refractivity contribution in [2.24, 2.45) is 0 Å². The van der Waals surface area contributed by atoms with Crippen molar-refractivity contribution >= 4 is 5.91 Å². The maximum atomic E-state index is 11.3. The van der Waals surface area contributed by atoms with Crippen LogP contribution in [-0.2, 0) is 4.79 Å². The molecule has 0 radical (unpaired) electrons. The van der Waals surface area contributed by atoms with Crippen molar-refractivity contribution < 1.29 is 4.79 Å². The number of carbonyl (C=O) groups is 1. The maximum absolute atomic E-state index is 11.3. The van der Waals surface area contributed by atoms with E-state index in [1.807, 2.05) is 11.0 Å². The van der Waals surface area contributed by atoms with Gasteiger partial charge in [0.15, 0.2) is 0 Å². The molecular formula is C11H15NO. The number of terminal acetylenes is 1. The van der Waals surface area contributed by atoms with Crippen molar-refractivity contribution in [3.05, 3.63) is 12.7 Å². The number of unbranched alkanes of at least 4 members (excludes halogenated alkanes) is 1. The Morgan fingerprint density at radius 2 is 2.54 bits per heavy atom. The molecule has 0 bridgehead atoms. The number of allylic oxidation sites excluding steroid dienone is 1. The van der Waals surface area contributed by atoms with E-state index in [2.05, 4.69) is 12.5 Å². The van der Waals surface area contributed by atoms with Gasteiger partial charge in [-0.1, -0.05) is 12.0 Å². The number of hydrogen-bond acceptors (Lipinski definition) is 1. The molecule has 1 aliphatic heterocycles. The van der Waals surface area contributed by atoms with Crippen molar-refractivity contribution in [1.29, 1.82) is 0 Å². The SMILES string of the molecule is C#C[C@@H]1CCC(=O)N1CCCC=C. The fourth-order valence-electron chi connectivity index (χ4n) is 1.59. The number of nitrogens with zero attached hydrogens (tertiary/aromatic N) is 1. The lowest BCUT2D eigenvalue weighted by molar-refractivity contribution is -0.128. The maximum Gasteiger partial charge on any atom is 0.223 e. The topological polar surface area (TPSA) is 20.3 Å². The number of carbonyl (C=O) groups excluding carboxylic acids is 1.